The Kier molecular flexibility index (Phi) is 3.64. The number of aromatic nitrogens is 2. The van der Waals surface area contributed by atoms with Crippen LogP contribution in [0.15, 0.2) is 42.7 Å². The van der Waals surface area contributed by atoms with E-state index in [0.29, 0.717) is 17.6 Å². The molecule has 5 heteroatoms. The number of rotatable bonds is 4. The molecule has 0 radical (unpaired) electrons. The topological polar surface area (TPSA) is 75.1 Å². The Hall–Kier alpha value is -2.69. The molecule has 0 saturated carbocycles. The van der Waals surface area contributed by atoms with Gasteiger partial charge < -0.3 is 10.4 Å². The molecule has 21 heavy (non-hydrogen) atoms. The Balaban J connectivity index is 1.63. The maximum atomic E-state index is 10.4. The first-order valence-corrected chi connectivity index (χ1v) is 6.77. The van der Waals surface area contributed by atoms with Crippen molar-refractivity contribution in [3.8, 4) is 0 Å². The molecule has 0 amide bonds. The van der Waals surface area contributed by atoms with Gasteiger partial charge in [0.1, 0.15) is 0 Å². The zero-order valence-electron chi connectivity index (χ0n) is 11.4. The molecule has 1 aliphatic carbocycles. The van der Waals surface area contributed by atoms with Crippen LogP contribution in [-0.4, -0.2) is 27.1 Å². The zero-order valence-corrected chi connectivity index (χ0v) is 11.4. The number of hydrogen-bond donors (Lipinski definition) is 2. The smallest absolute Gasteiger partial charge is 0.328 e. The average Bonchev–Trinajstić information content (AvgIpc) is 2.88. The quantitative estimate of drug-likeness (QED) is 0.840. The number of fused-ring (bicyclic) bond motifs is 1. The zero-order chi connectivity index (χ0) is 14.7. The lowest BCUT2D eigenvalue weighted by atomic mass is 10.1. The number of anilines is 1. The van der Waals surface area contributed by atoms with Crippen molar-refractivity contribution in [2.45, 2.75) is 18.9 Å². The third kappa shape index (κ3) is 3.25. The average molecular weight is 281 g/mol. The molecule has 1 aliphatic rings. The summed E-state index contributed by atoms with van der Waals surface area (Å²) >= 11 is 0. The molecule has 0 bridgehead atoms. The Morgan fingerprint density at radius 1 is 1.19 bits per heavy atom. The van der Waals surface area contributed by atoms with Gasteiger partial charge in [-0.2, -0.15) is 0 Å². The van der Waals surface area contributed by atoms with Gasteiger partial charge in [-0.05, 0) is 30.0 Å². The van der Waals surface area contributed by atoms with E-state index in [9.17, 15) is 4.79 Å². The number of nitrogens with zero attached hydrogens (tertiary/aromatic N) is 2. The highest BCUT2D eigenvalue weighted by Crippen LogP contribution is 2.23. The van der Waals surface area contributed by atoms with Crippen LogP contribution >= 0.6 is 0 Å². The number of carbonyl (C=O) groups is 1. The second kappa shape index (κ2) is 5.75. The van der Waals surface area contributed by atoms with Gasteiger partial charge in [0, 0.05) is 30.1 Å². The molecule has 1 heterocycles. The predicted molar refractivity (Wildman–Crippen MR) is 80.0 cm³/mol. The lowest BCUT2D eigenvalue weighted by molar-refractivity contribution is -0.131. The molecule has 1 aromatic carbocycles. The number of benzene rings is 1. The summed E-state index contributed by atoms with van der Waals surface area (Å²) in [4.78, 5) is 18.9. The van der Waals surface area contributed by atoms with Crippen LogP contribution in [0, 0.1) is 0 Å². The van der Waals surface area contributed by atoms with Gasteiger partial charge in [-0.3, -0.25) is 0 Å². The maximum Gasteiger partial charge on any atom is 0.328 e. The number of aliphatic carboxylic acids is 1. The number of nitrogens with one attached hydrogen (secondary N) is 1. The van der Waals surface area contributed by atoms with Crippen molar-refractivity contribution in [1.82, 2.24) is 9.97 Å². The Bertz CT molecular complexity index is 655. The van der Waals surface area contributed by atoms with E-state index in [2.05, 4.69) is 39.6 Å². The van der Waals surface area contributed by atoms with Crippen molar-refractivity contribution >= 4 is 18.0 Å². The first-order valence-electron chi connectivity index (χ1n) is 6.77. The monoisotopic (exact) mass is 281 g/mol. The van der Waals surface area contributed by atoms with Crippen molar-refractivity contribution in [2.24, 2.45) is 0 Å². The molecule has 2 N–H and O–H groups in total. The molecule has 0 spiro atoms. The van der Waals surface area contributed by atoms with E-state index in [1.807, 2.05) is 0 Å². The van der Waals surface area contributed by atoms with E-state index in [1.165, 1.54) is 17.2 Å². The molecule has 106 valence electrons. The van der Waals surface area contributed by atoms with Gasteiger partial charge in [-0.1, -0.05) is 24.3 Å². The van der Waals surface area contributed by atoms with E-state index in [1.54, 1.807) is 12.4 Å². The van der Waals surface area contributed by atoms with Crippen molar-refractivity contribution in [2.75, 3.05) is 5.32 Å². The normalized spacial score (nSPS) is 14.3. The fourth-order valence-corrected chi connectivity index (χ4v) is 2.51. The van der Waals surface area contributed by atoms with Crippen molar-refractivity contribution in [1.29, 1.82) is 0 Å². The van der Waals surface area contributed by atoms with E-state index in [-0.39, 0.29) is 0 Å². The minimum absolute atomic E-state index is 0.308. The molecule has 1 aromatic heterocycles. The highest BCUT2D eigenvalue weighted by Gasteiger charge is 2.21. The molecule has 3 rings (SSSR count). The molecule has 2 aromatic rings. The highest BCUT2D eigenvalue weighted by molar-refractivity contribution is 5.85. The Morgan fingerprint density at radius 2 is 1.81 bits per heavy atom. The van der Waals surface area contributed by atoms with Gasteiger partial charge in [-0.25, -0.2) is 14.8 Å². The van der Waals surface area contributed by atoms with E-state index >= 15 is 0 Å². The molecule has 0 unspecified atom stereocenters. The van der Waals surface area contributed by atoms with Crippen molar-refractivity contribution < 1.29 is 9.90 Å². The number of carboxylic acid groups (broad SMARTS) is 1. The maximum absolute atomic E-state index is 10.4. The second-order valence-electron chi connectivity index (χ2n) is 5.03. The molecular formula is C16H15N3O2. The summed E-state index contributed by atoms with van der Waals surface area (Å²) in [5.74, 6) is -0.416. The van der Waals surface area contributed by atoms with Gasteiger partial charge in [0.25, 0.3) is 0 Å². The number of hydrogen-bond acceptors (Lipinski definition) is 4. The summed E-state index contributed by atoms with van der Waals surface area (Å²) in [6.07, 6.45) is 7.70. The third-order valence-electron chi connectivity index (χ3n) is 3.47. The lowest BCUT2D eigenvalue weighted by Gasteiger charge is -2.11. The lowest BCUT2D eigenvalue weighted by Crippen LogP contribution is -2.20. The standard InChI is InChI=1S/C16H15N3O2/c20-15(21)6-5-11-9-17-16(18-10-11)19-14-7-12-3-1-2-4-13(12)8-14/h1-6,9-10,14H,7-8H2,(H,20,21)(H,17,18,19). The first kappa shape index (κ1) is 13.3. The fraction of sp³-hybridized carbons (Fsp3) is 0.188. The Labute approximate surface area is 122 Å². The minimum atomic E-state index is -0.985. The van der Waals surface area contributed by atoms with E-state index < -0.39 is 5.97 Å². The largest absolute Gasteiger partial charge is 0.478 e. The van der Waals surface area contributed by atoms with Crippen LogP contribution in [0.25, 0.3) is 6.08 Å². The second-order valence-corrected chi connectivity index (χ2v) is 5.03. The molecular weight excluding hydrogens is 266 g/mol. The SMILES string of the molecule is O=C(O)C=Cc1cnc(NC2Cc3ccccc3C2)nc1. The molecule has 0 fully saturated rings. The Morgan fingerprint density at radius 3 is 2.38 bits per heavy atom. The van der Waals surface area contributed by atoms with Crippen LogP contribution in [0.1, 0.15) is 16.7 Å². The summed E-state index contributed by atoms with van der Waals surface area (Å²) in [6, 6.07) is 8.72. The van der Waals surface area contributed by atoms with Crippen LogP contribution in [0.2, 0.25) is 0 Å². The number of carboxylic acids is 1. The summed E-state index contributed by atoms with van der Waals surface area (Å²) in [5, 5.41) is 11.9. The summed E-state index contributed by atoms with van der Waals surface area (Å²) < 4.78 is 0. The van der Waals surface area contributed by atoms with E-state index in [4.69, 9.17) is 5.11 Å². The summed E-state index contributed by atoms with van der Waals surface area (Å²) in [5.41, 5.74) is 3.41. The first-order chi connectivity index (χ1) is 10.2. The van der Waals surface area contributed by atoms with Gasteiger partial charge in [-0.15, -0.1) is 0 Å². The van der Waals surface area contributed by atoms with Crippen LogP contribution in [0.4, 0.5) is 5.95 Å². The molecule has 0 aliphatic heterocycles. The van der Waals surface area contributed by atoms with Crippen LogP contribution in [0.3, 0.4) is 0 Å². The van der Waals surface area contributed by atoms with Gasteiger partial charge in [0.2, 0.25) is 5.95 Å². The third-order valence-corrected chi connectivity index (χ3v) is 3.47. The van der Waals surface area contributed by atoms with Crippen LogP contribution < -0.4 is 5.32 Å². The van der Waals surface area contributed by atoms with Crippen LogP contribution in [0.5, 0.6) is 0 Å². The predicted octanol–water partition coefficient (Wildman–Crippen LogP) is 2.15. The van der Waals surface area contributed by atoms with Crippen molar-refractivity contribution in [3.63, 3.8) is 0 Å². The van der Waals surface area contributed by atoms with Crippen molar-refractivity contribution in [3.05, 3.63) is 59.4 Å². The summed E-state index contributed by atoms with van der Waals surface area (Å²) in [6.45, 7) is 0. The van der Waals surface area contributed by atoms with E-state index in [0.717, 1.165) is 18.9 Å². The van der Waals surface area contributed by atoms with Gasteiger partial charge >= 0.3 is 5.97 Å². The molecule has 0 saturated heterocycles. The molecule has 5 nitrogen and oxygen atoms in total. The van der Waals surface area contributed by atoms with Gasteiger partial charge in [0.15, 0.2) is 0 Å². The molecule has 0 atom stereocenters. The van der Waals surface area contributed by atoms with Crippen LogP contribution in [-0.2, 0) is 17.6 Å². The van der Waals surface area contributed by atoms with Gasteiger partial charge in [0.05, 0.1) is 0 Å². The fourth-order valence-electron chi connectivity index (χ4n) is 2.51. The summed E-state index contributed by atoms with van der Waals surface area (Å²) in [7, 11) is 0. The minimum Gasteiger partial charge on any atom is -0.478 e. The highest BCUT2D eigenvalue weighted by atomic mass is 16.4.